The lowest BCUT2D eigenvalue weighted by Gasteiger charge is -2.33. The minimum atomic E-state index is -0.870. The highest BCUT2D eigenvalue weighted by atomic mass is 16.3. The highest BCUT2D eigenvalue weighted by molar-refractivity contribution is 5.97. The summed E-state index contributed by atoms with van der Waals surface area (Å²) in [5.74, 6) is -0.0733. The van der Waals surface area contributed by atoms with Gasteiger partial charge >= 0.3 is 0 Å². The lowest BCUT2D eigenvalue weighted by Crippen LogP contribution is -2.49. The van der Waals surface area contributed by atoms with Crippen molar-refractivity contribution in [1.82, 2.24) is 4.90 Å². The number of benzene rings is 1. The molecule has 5 nitrogen and oxygen atoms in total. The molecule has 1 N–H and O–H groups in total. The fourth-order valence-electron chi connectivity index (χ4n) is 2.41. The summed E-state index contributed by atoms with van der Waals surface area (Å²) in [7, 11) is 1.82. The number of rotatable bonds is 7. The first-order valence-electron chi connectivity index (χ1n) is 7.83. The minimum absolute atomic E-state index is 0.0733. The summed E-state index contributed by atoms with van der Waals surface area (Å²) in [5.41, 5.74) is 1.04. The Morgan fingerprint density at radius 3 is 2.39 bits per heavy atom. The molecule has 1 rings (SSSR count). The highest BCUT2D eigenvalue weighted by Gasteiger charge is 2.27. The molecule has 23 heavy (non-hydrogen) atoms. The molecule has 1 aromatic rings. The van der Waals surface area contributed by atoms with Crippen LogP contribution in [0.5, 0.6) is 0 Å². The molecule has 0 saturated carbocycles. The van der Waals surface area contributed by atoms with Crippen LogP contribution < -0.4 is 4.90 Å². The predicted octanol–water partition coefficient (Wildman–Crippen LogP) is 2.33. The van der Waals surface area contributed by atoms with Crippen molar-refractivity contribution in [1.29, 1.82) is 5.26 Å². The normalized spacial score (nSPS) is 12.8. The molecule has 5 heteroatoms. The van der Waals surface area contributed by atoms with Crippen LogP contribution in [0.2, 0.25) is 0 Å². The zero-order chi connectivity index (χ0) is 17.6. The lowest BCUT2D eigenvalue weighted by molar-refractivity contribution is -0.123. The van der Waals surface area contributed by atoms with E-state index in [1.807, 2.05) is 50.1 Å². The second-order valence-corrected chi connectivity index (χ2v) is 6.64. The Labute approximate surface area is 139 Å². The van der Waals surface area contributed by atoms with Gasteiger partial charge in [0, 0.05) is 18.8 Å². The van der Waals surface area contributed by atoms with E-state index in [2.05, 4.69) is 6.07 Å². The summed E-state index contributed by atoms with van der Waals surface area (Å²) in [5, 5.41) is 18.8. The second-order valence-electron chi connectivity index (χ2n) is 6.64. The van der Waals surface area contributed by atoms with Gasteiger partial charge in [0.1, 0.15) is 0 Å². The molecule has 0 radical (unpaired) electrons. The molecule has 0 aliphatic heterocycles. The average Bonchev–Trinajstić information content (AvgIpc) is 2.46. The van der Waals surface area contributed by atoms with Crippen LogP contribution in [-0.2, 0) is 4.79 Å². The molecular formula is C18H27N3O2. The third-order valence-electron chi connectivity index (χ3n) is 3.71. The van der Waals surface area contributed by atoms with E-state index in [-0.39, 0.29) is 18.4 Å². The summed E-state index contributed by atoms with van der Waals surface area (Å²) in [6, 6.07) is 9.40. The van der Waals surface area contributed by atoms with Gasteiger partial charge in [0.15, 0.2) is 0 Å². The van der Waals surface area contributed by atoms with E-state index in [0.29, 0.717) is 13.1 Å². The van der Waals surface area contributed by atoms with Crippen molar-refractivity contribution < 1.29 is 9.90 Å². The fourth-order valence-corrected chi connectivity index (χ4v) is 2.41. The van der Waals surface area contributed by atoms with E-state index in [0.717, 1.165) is 11.3 Å². The molecule has 1 aromatic carbocycles. The molecule has 1 atom stereocenters. The van der Waals surface area contributed by atoms with Gasteiger partial charge in [-0.25, -0.2) is 0 Å². The smallest absolute Gasteiger partial charge is 0.244 e. The van der Waals surface area contributed by atoms with Gasteiger partial charge in [-0.1, -0.05) is 17.7 Å². The molecule has 0 aromatic heterocycles. The van der Waals surface area contributed by atoms with Crippen LogP contribution in [0.1, 0.15) is 32.8 Å². The number of nitriles is 1. The van der Waals surface area contributed by atoms with Gasteiger partial charge in [0.05, 0.1) is 24.1 Å². The maximum absolute atomic E-state index is 12.9. The number of aliphatic hydroxyl groups is 1. The van der Waals surface area contributed by atoms with Gasteiger partial charge in [0.2, 0.25) is 5.91 Å². The number of anilines is 1. The molecule has 1 amide bonds. The number of nitrogens with zero attached hydrogens (tertiary/aromatic N) is 3. The van der Waals surface area contributed by atoms with Crippen LogP contribution in [0, 0.1) is 18.3 Å². The van der Waals surface area contributed by atoms with Crippen LogP contribution in [0.25, 0.3) is 0 Å². The summed E-state index contributed by atoms with van der Waals surface area (Å²) >= 11 is 0. The quantitative estimate of drug-likeness (QED) is 0.838. The monoisotopic (exact) mass is 317 g/mol. The van der Waals surface area contributed by atoms with E-state index in [1.54, 1.807) is 18.7 Å². The van der Waals surface area contributed by atoms with Gasteiger partial charge in [-0.3, -0.25) is 9.69 Å². The Kier molecular flexibility index (Phi) is 6.74. The van der Waals surface area contributed by atoms with Gasteiger partial charge < -0.3 is 10.0 Å². The van der Waals surface area contributed by atoms with Gasteiger partial charge in [-0.15, -0.1) is 0 Å². The molecule has 0 heterocycles. The molecule has 0 fully saturated rings. The van der Waals surface area contributed by atoms with E-state index >= 15 is 0 Å². The van der Waals surface area contributed by atoms with Crippen molar-refractivity contribution in [3.8, 4) is 6.07 Å². The van der Waals surface area contributed by atoms with Crippen LogP contribution >= 0.6 is 0 Å². The van der Waals surface area contributed by atoms with Gasteiger partial charge in [-0.05, 0) is 46.9 Å². The average molecular weight is 317 g/mol. The lowest BCUT2D eigenvalue weighted by atomic mass is 10.1. The minimum Gasteiger partial charge on any atom is -0.389 e. The first-order chi connectivity index (χ1) is 10.7. The SMILES string of the molecule is Cc1ccc(N(CCC#N)C(=O)C(C)N(C)CC(C)(C)O)cc1. The number of aryl methyl sites for hydroxylation is 1. The Balaban J connectivity index is 2.95. The number of hydrogen-bond acceptors (Lipinski definition) is 4. The molecule has 126 valence electrons. The third kappa shape index (κ3) is 6.01. The molecule has 0 aliphatic rings. The first-order valence-corrected chi connectivity index (χ1v) is 7.83. The Morgan fingerprint density at radius 1 is 1.35 bits per heavy atom. The van der Waals surface area contributed by atoms with Gasteiger partial charge in [0.25, 0.3) is 0 Å². The standard InChI is InChI=1S/C18H27N3O2/c1-14-7-9-16(10-8-14)21(12-6-11-19)17(22)15(2)20(5)13-18(3,4)23/h7-10,15,23H,6,12-13H2,1-5H3. The molecule has 0 saturated heterocycles. The molecule has 0 bridgehead atoms. The third-order valence-corrected chi connectivity index (χ3v) is 3.71. The van der Waals surface area contributed by atoms with Crippen molar-refractivity contribution >= 4 is 11.6 Å². The Hall–Kier alpha value is -1.90. The number of likely N-dealkylation sites (N-methyl/N-ethyl adjacent to an activating group) is 1. The highest BCUT2D eigenvalue weighted by Crippen LogP contribution is 2.18. The molecular weight excluding hydrogens is 290 g/mol. The first kappa shape index (κ1) is 19.1. The van der Waals surface area contributed by atoms with Crippen molar-refractivity contribution in [3.63, 3.8) is 0 Å². The van der Waals surface area contributed by atoms with Crippen LogP contribution in [0.4, 0.5) is 5.69 Å². The van der Waals surface area contributed by atoms with Crippen LogP contribution in [0.3, 0.4) is 0 Å². The maximum Gasteiger partial charge on any atom is 0.244 e. The molecule has 1 unspecified atom stereocenters. The zero-order valence-corrected chi connectivity index (χ0v) is 14.7. The van der Waals surface area contributed by atoms with E-state index < -0.39 is 5.60 Å². The summed E-state index contributed by atoms with van der Waals surface area (Å²) in [6.07, 6.45) is 0.279. The maximum atomic E-state index is 12.9. The van der Waals surface area contributed by atoms with E-state index in [4.69, 9.17) is 5.26 Å². The van der Waals surface area contributed by atoms with Crippen molar-refractivity contribution in [3.05, 3.63) is 29.8 Å². The number of amides is 1. The van der Waals surface area contributed by atoms with Crippen LogP contribution in [-0.4, -0.2) is 47.7 Å². The summed E-state index contributed by atoms with van der Waals surface area (Å²) in [4.78, 5) is 16.3. The Morgan fingerprint density at radius 2 is 1.91 bits per heavy atom. The predicted molar refractivity (Wildman–Crippen MR) is 92.2 cm³/mol. The van der Waals surface area contributed by atoms with Gasteiger partial charge in [-0.2, -0.15) is 5.26 Å². The van der Waals surface area contributed by atoms with E-state index in [1.165, 1.54) is 0 Å². The van der Waals surface area contributed by atoms with E-state index in [9.17, 15) is 9.90 Å². The zero-order valence-electron chi connectivity index (χ0n) is 14.7. The topological polar surface area (TPSA) is 67.6 Å². The summed E-state index contributed by atoms with van der Waals surface area (Å²) < 4.78 is 0. The Bertz CT molecular complexity index is 555. The van der Waals surface area contributed by atoms with Crippen molar-refractivity contribution in [2.75, 3.05) is 25.0 Å². The molecule has 0 aliphatic carbocycles. The fraction of sp³-hybridized carbons (Fsp3) is 0.556. The van der Waals surface area contributed by atoms with Crippen LogP contribution in [0.15, 0.2) is 24.3 Å². The number of hydrogen-bond donors (Lipinski definition) is 1. The number of carbonyl (C=O) groups excluding carboxylic acids is 1. The largest absolute Gasteiger partial charge is 0.389 e. The summed E-state index contributed by atoms with van der Waals surface area (Å²) in [6.45, 7) is 7.99. The second kappa shape index (κ2) is 8.09. The van der Waals surface area contributed by atoms with Crippen molar-refractivity contribution in [2.24, 2.45) is 0 Å². The molecule has 0 spiro atoms. The van der Waals surface area contributed by atoms with Crippen molar-refractivity contribution in [2.45, 2.75) is 45.8 Å². The number of carbonyl (C=O) groups is 1.